The zero-order valence-electron chi connectivity index (χ0n) is 19.0. The lowest BCUT2D eigenvalue weighted by atomic mass is 9.92. The number of aryl methyl sites for hydroxylation is 1. The molecule has 174 valence electrons. The molecule has 34 heavy (non-hydrogen) atoms. The number of benzene rings is 3. The molecule has 1 aliphatic heterocycles. The number of carbonyl (C=O) groups excluding carboxylic acids is 2. The maximum atomic E-state index is 13.3. The van der Waals surface area contributed by atoms with Crippen LogP contribution in [0.25, 0.3) is 5.76 Å². The number of hydrogen-bond acceptors (Lipinski definition) is 5. The predicted molar refractivity (Wildman–Crippen MR) is 132 cm³/mol. The summed E-state index contributed by atoms with van der Waals surface area (Å²) in [6.45, 7) is 4.10. The van der Waals surface area contributed by atoms with Gasteiger partial charge in [0.1, 0.15) is 17.3 Å². The molecule has 3 aromatic carbocycles. The fourth-order valence-corrected chi connectivity index (χ4v) is 4.29. The molecule has 1 unspecified atom stereocenters. The average Bonchev–Trinajstić information content (AvgIpc) is 3.10. The second-order valence-corrected chi connectivity index (χ2v) is 8.21. The number of halogens is 1. The minimum absolute atomic E-state index is 0.00751. The highest BCUT2D eigenvalue weighted by Crippen LogP contribution is 2.44. The molecular weight excluding hydrogens is 454 g/mol. The third-order valence-electron chi connectivity index (χ3n) is 5.76. The van der Waals surface area contributed by atoms with Gasteiger partial charge in [0.2, 0.25) is 0 Å². The summed E-state index contributed by atoms with van der Waals surface area (Å²) in [7, 11) is 1.53. The monoisotopic (exact) mass is 477 g/mol. The Morgan fingerprint density at radius 1 is 1.06 bits per heavy atom. The third kappa shape index (κ3) is 4.13. The first-order chi connectivity index (χ1) is 16.4. The van der Waals surface area contributed by atoms with E-state index in [1.165, 1.54) is 12.0 Å². The largest absolute Gasteiger partial charge is 0.507 e. The van der Waals surface area contributed by atoms with Crippen molar-refractivity contribution in [3.05, 3.63) is 94.0 Å². The van der Waals surface area contributed by atoms with Gasteiger partial charge < -0.3 is 14.6 Å². The lowest BCUT2D eigenvalue weighted by molar-refractivity contribution is -0.132. The second-order valence-electron chi connectivity index (χ2n) is 7.81. The van der Waals surface area contributed by atoms with Crippen molar-refractivity contribution in [3.63, 3.8) is 0 Å². The van der Waals surface area contributed by atoms with Crippen molar-refractivity contribution < 1.29 is 24.2 Å². The number of amides is 1. The van der Waals surface area contributed by atoms with Gasteiger partial charge in [0.15, 0.2) is 0 Å². The summed E-state index contributed by atoms with van der Waals surface area (Å²) >= 11 is 6.20. The first-order valence-corrected chi connectivity index (χ1v) is 11.2. The summed E-state index contributed by atoms with van der Waals surface area (Å²) < 4.78 is 10.9. The van der Waals surface area contributed by atoms with E-state index in [-0.39, 0.29) is 11.3 Å². The molecular formula is C27H24ClNO5. The highest BCUT2D eigenvalue weighted by molar-refractivity contribution is 6.51. The fraction of sp³-hybridized carbons (Fsp3) is 0.185. The van der Waals surface area contributed by atoms with E-state index in [4.69, 9.17) is 21.1 Å². The molecule has 1 fully saturated rings. The molecule has 0 spiro atoms. The van der Waals surface area contributed by atoms with Gasteiger partial charge in [-0.25, -0.2) is 0 Å². The van der Waals surface area contributed by atoms with E-state index >= 15 is 0 Å². The van der Waals surface area contributed by atoms with Crippen LogP contribution in [0, 0.1) is 6.92 Å². The Bertz CT molecular complexity index is 1300. The molecule has 3 aromatic rings. The number of Topliss-reactive ketones (excluding diaryl/α,β-unsaturated/α-hetero) is 1. The van der Waals surface area contributed by atoms with Crippen LogP contribution in [0.5, 0.6) is 11.5 Å². The van der Waals surface area contributed by atoms with Crippen LogP contribution < -0.4 is 14.4 Å². The molecule has 1 atom stereocenters. The summed E-state index contributed by atoms with van der Waals surface area (Å²) in [5, 5.41) is 11.7. The first kappa shape index (κ1) is 23.4. The van der Waals surface area contributed by atoms with Crippen molar-refractivity contribution in [2.75, 3.05) is 18.6 Å². The quantitative estimate of drug-likeness (QED) is 0.281. The normalized spacial score (nSPS) is 17.2. The minimum Gasteiger partial charge on any atom is -0.507 e. The van der Waals surface area contributed by atoms with E-state index in [0.717, 1.165) is 11.1 Å². The van der Waals surface area contributed by atoms with Gasteiger partial charge in [-0.3, -0.25) is 14.5 Å². The van der Waals surface area contributed by atoms with Crippen molar-refractivity contribution in [1.82, 2.24) is 0 Å². The van der Waals surface area contributed by atoms with Gasteiger partial charge in [-0.05, 0) is 55.3 Å². The fourth-order valence-electron chi connectivity index (χ4n) is 4.12. The molecule has 1 amide bonds. The van der Waals surface area contributed by atoms with Crippen LogP contribution in [0.1, 0.15) is 29.7 Å². The van der Waals surface area contributed by atoms with E-state index in [1.807, 2.05) is 38.1 Å². The van der Waals surface area contributed by atoms with E-state index in [9.17, 15) is 14.7 Å². The molecule has 4 rings (SSSR count). The number of carbonyl (C=O) groups is 2. The van der Waals surface area contributed by atoms with Crippen molar-refractivity contribution in [3.8, 4) is 11.5 Å². The molecule has 0 radical (unpaired) electrons. The van der Waals surface area contributed by atoms with Crippen LogP contribution >= 0.6 is 11.6 Å². The summed E-state index contributed by atoms with van der Waals surface area (Å²) in [4.78, 5) is 28.0. The molecule has 6 nitrogen and oxygen atoms in total. The van der Waals surface area contributed by atoms with Crippen LogP contribution in [-0.2, 0) is 9.59 Å². The van der Waals surface area contributed by atoms with Crippen LogP contribution in [-0.4, -0.2) is 30.5 Å². The molecule has 1 N–H and O–H groups in total. The first-order valence-electron chi connectivity index (χ1n) is 10.8. The summed E-state index contributed by atoms with van der Waals surface area (Å²) in [6, 6.07) is 18.3. The smallest absolute Gasteiger partial charge is 0.300 e. The average molecular weight is 478 g/mol. The molecule has 0 aromatic heterocycles. The molecule has 0 saturated carbocycles. The van der Waals surface area contributed by atoms with Crippen molar-refractivity contribution in [2.24, 2.45) is 0 Å². The maximum Gasteiger partial charge on any atom is 0.300 e. The number of aliphatic hydroxyl groups is 1. The molecule has 1 aliphatic rings. The highest BCUT2D eigenvalue weighted by atomic mass is 35.5. The van der Waals surface area contributed by atoms with E-state index in [2.05, 4.69) is 0 Å². The van der Waals surface area contributed by atoms with Gasteiger partial charge in [0.25, 0.3) is 11.7 Å². The lowest BCUT2D eigenvalue weighted by Crippen LogP contribution is -2.29. The standard InChI is InChI=1S/C27H24ClNO5/c1-4-34-22-14-17(12-13-21(22)28)25(30)23-24(20-11-6-5-8-16(20)2)29(27(32)26(23)31)18-9-7-10-19(15-18)33-3/h5-15,24,30H,4H2,1-3H3/b25-23+. The Balaban J connectivity index is 1.95. The van der Waals surface area contributed by atoms with Crippen molar-refractivity contribution in [1.29, 1.82) is 0 Å². The second kappa shape index (κ2) is 9.61. The molecule has 1 saturated heterocycles. The van der Waals surface area contributed by atoms with Gasteiger partial charge in [0.05, 0.1) is 30.4 Å². The Hall–Kier alpha value is -3.77. The van der Waals surface area contributed by atoms with Crippen LogP contribution in [0.4, 0.5) is 5.69 Å². The van der Waals surface area contributed by atoms with E-state index in [0.29, 0.717) is 34.4 Å². The van der Waals surface area contributed by atoms with Crippen LogP contribution in [0.15, 0.2) is 72.3 Å². The zero-order chi connectivity index (χ0) is 24.4. The van der Waals surface area contributed by atoms with Crippen molar-refractivity contribution >= 4 is 34.7 Å². The maximum absolute atomic E-state index is 13.3. The SMILES string of the molecule is CCOc1cc(/C(O)=C2\C(=O)C(=O)N(c3cccc(OC)c3)C2c2ccccc2C)ccc1Cl. The van der Waals surface area contributed by atoms with Gasteiger partial charge >= 0.3 is 0 Å². The summed E-state index contributed by atoms with van der Waals surface area (Å²) in [6.07, 6.45) is 0. The van der Waals surface area contributed by atoms with E-state index < -0.39 is 17.7 Å². The van der Waals surface area contributed by atoms with Crippen molar-refractivity contribution in [2.45, 2.75) is 19.9 Å². The Morgan fingerprint density at radius 3 is 2.53 bits per heavy atom. The number of aliphatic hydroxyl groups excluding tert-OH is 1. The van der Waals surface area contributed by atoms with Gasteiger partial charge in [-0.15, -0.1) is 0 Å². The number of hydrogen-bond donors (Lipinski definition) is 1. The number of rotatable bonds is 6. The molecule has 1 heterocycles. The highest BCUT2D eigenvalue weighted by Gasteiger charge is 2.47. The number of ketones is 1. The van der Waals surface area contributed by atoms with Gasteiger partial charge in [-0.2, -0.15) is 0 Å². The summed E-state index contributed by atoms with van der Waals surface area (Å²) in [5.41, 5.74) is 2.41. The van der Waals surface area contributed by atoms with Gasteiger partial charge in [0, 0.05) is 17.3 Å². The number of anilines is 1. The number of nitrogens with zero attached hydrogens (tertiary/aromatic N) is 1. The van der Waals surface area contributed by atoms with Crippen LogP contribution in [0.2, 0.25) is 5.02 Å². The Labute approximate surface area is 203 Å². The topological polar surface area (TPSA) is 76.1 Å². The minimum atomic E-state index is -0.834. The molecule has 0 bridgehead atoms. The third-order valence-corrected chi connectivity index (χ3v) is 6.08. The number of ether oxygens (including phenoxy) is 2. The zero-order valence-corrected chi connectivity index (χ0v) is 19.8. The lowest BCUT2D eigenvalue weighted by Gasteiger charge is -2.27. The summed E-state index contributed by atoms with van der Waals surface area (Å²) in [5.74, 6) is -0.886. The predicted octanol–water partition coefficient (Wildman–Crippen LogP) is 5.68. The Kier molecular flexibility index (Phi) is 6.61. The Morgan fingerprint density at radius 2 is 1.82 bits per heavy atom. The number of methoxy groups -OCH3 is 1. The molecule has 0 aliphatic carbocycles. The van der Waals surface area contributed by atoms with Crippen LogP contribution in [0.3, 0.4) is 0 Å². The van der Waals surface area contributed by atoms with E-state index in [1.54, 1.807) is 42.5 Å². The van der Waals surface area contributed by atoms with Gasteiger partial charge in [-0.1, -0.05) is 41.9 Å². The molecule has 7 heteroatoms.